The Morgan fingerprint density at radius 3 is 2.39 bits per heavy atom. The van der Waals surface area contributed by atoms with Gasteiger partial charge >= 0.3 is 6.18 Å². The molecule has 2 heterocycles. The minimum atomic E-state index is -4.06. The van der Waals surface area contributed by atoms with Crippen molar-refractivity contribution in [1.82, 2.24) is 4.98 Å². The number of aromatic nitrogens is 1. The number of rotatable bonds is 2. The Hall–Kier alpha value is -0.780. The van der Waals surface area contributed by atoms with Crippen LogP contribution in [0.25, 0.3) is 0 Å². The minimum absolute atomic E-state index is 0.158. The van der Waals surface area contributed by atoms with Gasteiger partial charge in [0, 0.05) is 24.6 Å². The predicted octanol–water partition coefficient (Wildman–Crippen LogP) is 3.76. The van der Waals surface area contributed by atoms with Gasteiger partial charge in [-0.05, 0) is 24.5 Å². The molecule has 1 aliphatic rings. The van der Waals surface area contributed by atoms with E-state index in [1.54, 1.807) is 6.20 Å². The Labute approximate surface area is 112 Å². The van der Waals surface area contributed by atoms with Gasteiger partial charge < -0.3 is 4.90 Å². The highest BCUT2D eigenvalue weighted by Crippen LogP contribution is 2.34. The van der Waals surface area contributed by atoms with Gasteiger partial charge in [-0.3, -0.25) is 0 Å². The van der Waals surface area contributed by atoms with Crippen LogP contribution in [0, 0.1) is 5.92 Å². The summed E-state index contributed by atoms with van der Waals surface area (Å²) in [6.45, 7) is 0.843. The van der Waals surface area contributed by atoms with Gasteiger partial charge in [0.2, 0.25) is 0 Å². The SMILES string of the molecule is FC(F)(F)C1CCN(c2ccc(CBr)cn2)CC1. The van der Waals surface area contributed by atoms with E-state index in [0.29, 0.717) is 13.1 Å². The highest BCUT2D eigenvalue weighted by molar-refractivity contribution is 9.08. The fourth-order valence-corrected chi connectivity index (χ4v) is 2.45. The Bertz CT molecular complexity index is 383. The first-order chi connectivity index (χ1) is 8.50. The molecule has 1 saturated heterocycles. The van der Waals surface area contributed by atoms with E-state index in [1.165, 1.54) is 0 Å². The second-order valence-corrected chi connectivity index (χ2v) is 5.02. The van der Waals surface area contributed by atoms with Crippen LogP contribution in [0.1, 0.15) is 18.4 Å². The maximum absolute atomic E-state index is 12.5. The molecule has 1 aliphatic heterocycles. The van der Waals surface area contributed by atoms with Gasteiger partial charge in [-0.2, -0.15) is 13.2 Å². The lowest BCUT2D eigenvalue weighted by atomic mass is 9.96. The molecule has 1 aromatic heterocycles. The van der Waals surface area contributed by atoms with Crippen LogP contribution in [0.4, 0.5) is 19.0 Å². The fourth-order valence-electron chi connectivity index (χ4n) is 2.12. The van der Waals surface area contributed by atoms with Gasteiger partial charge in [-0.25, -0.2) is 4.98 Å². The molecule has 100 valence electrons. The zero-order valence-corrected chi connectivity index (χ0v) is 11.3. The van der Waals surface area contributed by atoms with Gasteiger partial charge in [-0.15, -0.1) is 0 Å². The topological polar surface area (TPSA) is 16.1 Å². The average molecular weight is 323 g/mol. The lowest BCUT2D eigenvalue weighted by molar-refractivity contribution is -0.179. The third-order valence-corrected chi connectivity index (χ3v) is 3.89. The normalized spacial score (nSPS) is 18.1. The molecule has 2 nitrogen and oxygen atoms in total. The van der Waals surface area contributed by atoms with Gasteiger partial charge in [0.1, 0.15) is 5.82 Å². The quantitative estimate of drug-likeness (QED) is 0.771. The predicted molar refractivity (Wildman–Crippen MR) is 67.9 cm³/mol. The monoisotopic (exact) mass is 322 g/mol. The van der Waals surface area contributed by atoms with Crippen molar-refractivity contribution in [2.24, 2.45) is 5.92 Å². The molecule has 0 atom stereocenters. The van der Waals surface area contributed by atoms with Crippen LogP contribution in [-0.2, 0) is 5.33 Å². The summed E-state index contributed by atoms with van der Waals surface area (Å²) in [7, 11) is 0. The van der Waals surface area contributed by atoms with Crippen molar-refractivity contribution in [3.8, 4) is 0 Å². The first-order valence-electron chi connectivity index (χ1n) is 5.83. The molecule has 1 fully saturated rings. The van der Waals surface area contributed by atoms with Crippen LogP contribution in [0.2, 0.25) is 0 Å². The van der Waals surface area contributed by atoms with Gasteiger partial charge in [0.05, 0.1) is 5.92 Å². The van der Waals surface area contributed by atoms with Crippen molar-refractivity contribution in [2.75, 3.05) is 18.0 Å². The lowest BCUT2D eigenvalue weighted by Gasteiger charge is -2.33. The number of pyridine rings is 1. The summed E-state index contributed by atoms with van der Waals surface area (Å²) in [6, 6.07) is 3.80. The van der Waals surface area contributed by atoms with E-state index in [4.69, 9.17) is 0 Å². The number of piperidine rings is 1. The summed E-state index contributed by atoms with van der Waals surface area (Å²) in [4.78, 5) is 6.19. The molecule has 0 radical (unpaired) electrons. The molecule has 1 aromatic rings. The van der Waals surface area contributed by atoms with Crippen molar-refractivity contribution in [1.29, 1.82) is 0 Å². The third-order valence-electron chi connectivity index (χ3n) is 3.25. The van der Waals surface area contributed by atoms with Gasteiger partial charge in [-0.1, -0.05) is 22.0 Å². The number of anilines is 1. The van der Waals surface area contributed by atoms with Crippen molar-refractivity contribution >= 4 is 21.7 Å². The number of hydrogen-bond acceptors (Lipinski definition) is 2. The summed E-state index contributed by atoms with van der Waals surface area (Å²) in [6.07, 6.45) is -1.99. The molecule has 0 saturated carbocycles. The second-order valence-electron chi connectivity index (χ2n) is 4.46. The van der Waals surface area contributed by atoms with Crippen LogP contribution < -0.4 is 4.90 Å². The van der Waals surface area contributed by atoms with Gasteiger partial charge in [0.15, 0.2) is 0 Å². The molecule has 0 amide bonds. The molecule has 18 heavy (non-hydrogen) atoms. The zero-order chi connectivity index (χ0) is 13.2. The maximum Gasteiger partial charge on any atom is 0.391 e. The van der Waals surface area contributed by atoms with E-state index >= 15 is 0 Å². The van der Waals surface area contributed by atoms with E-state index in [0.717, 1.165) is 16.7 Å². The summed E-state index contributed by atoms with van der Waals surface area (Å²) in [5.41, 5.74) is 1.06. The van der Waals surface area contributed by atoms with Crippen LogP contribution in [0.15, 0.2) is 18.3 Å². The number of alkyl halides is 4. The Kier molecular flexibility index (Phi) is 4.14. The third kappa shape index (κ3) is 3.16. The first kappa shape index (κ1) is 13.6. The van der Waals surface area contributed by atoms with Crippen molar-refractivity contribution < 1.29 is 13.2 Å². The Morgan fingerprint density at radius 2 is 1.94 bits per heavy atom. The average Bonchev–Trinajstić information content (AvgIpc) is 2.38. The molecule has 0 bridgehead atoms. The maximum atomic E-state index is 12.5. The Balaban J connectivity index is 1.96. The second kappa shape index (κ2) is 5.47. The van der Waals surface area contributed by atoms with Gasteiger partial charge in [0.25, 0.3) is 0 Å². The molecule has 2 rings (SSSR count). The van der Waals surface area contributed by atoms with Crippen LogP contribution >= 0.6 is 15.9 Å². The minimum Gasteiger partial charge on any atom is -0.357 e. The summed E-state index contributed by atoms with van der Waals surface area (Å²) in [5, 5.41) is 0.733. The Morgan fingerprint density at radius 1 is 1.28 bits per heavy atom. The standard InChI is InChI=1S/C12H14BrF3N2/c13-7-9-1-2-11(17-8-9)18-5-3-10(4-6-18)12(14,15)16/h1-2,8,10H,3-7H2. The number of halogens is 4. The van der Waals surface area contributed by atoms with Crippen molar-refractivity contribution in [3.05, 3.63) is 23.9 Å². The smallest absolute Gasteiger partial charge is 0.357 e. The number of hydrogen-bond donors (Lipinski definition) is 0. The van der Waals surface area contributed by atoms with Crippen LogP contribution in [0.5, 0.6) is 0 Å². The highest BCUT2D eigenvalue weighted by atomic mass is 79.9. The molecule has 6 heteroatoms. The lowest BCUT2D eigenvalue weighted by Crippen LogP contribution is -2.39. The number of nitrogens with zero attached hydrogens (tertiary/aromatic N) is 2. The molecular formula is C12H14BrF3N2. The first-order valence-corrected chi connectivity index (χ1v) is 6.95. The molecule has 0 aliphatic carbocycles. The van der Waals surface area contributed by atoms with E-state index in [2.05, 4.69) is 20.9 Å². The van der Waals surface area contributed by atoms with Crippen molar-refractivity contribution in [2.45, 2.75) is 24.3 Å². The molecule has 0 aromatic carbocycles. The molecule has 0 spiro atoms. The summed E-state index contributed by atoms with van der Waals surface area (Å²) in [5.74, 6) is -0.393. The van der Waals surface area contributed by atoms with E-state index < -0.39 is 12.1 Å². The summed E-state index contributed by atoms with van der Waals surface area (Å²) < 4.78 is 37.6. The molecule has 0 unspecified atom stereocenters. The fraction of sp³-hybridized carbons (Fsp3) is 0.583. The van der Waals surface area contributed by atoms with Crippen molar-refractivity contribution in [3.63, 3.8) is 0 Å². The summed E-state index contributed by atoms with van der Waals surface area (Å²) >= 11 is 3.33. The van der Waals surface area contributed by atoms with E-state index in [1.807, 2.05) is 17.0 Å². The van der Waals surface area contributed by atoms with E-state index in [9.17, 15) is 13.2 Å². The zero-order valence-electron chi connectivity index (χ0n) is 9.75. The molecular weight excluding hydrogens is 309 g/mol. The largest absolute Gasteiger partial charge is 0.391 e. The van der Waals surface area contributed by atoms with Crippen LogP contribution in [-0.4, -0.2) is 24.2 Å². The van der Waals surface area contributed by atoms with Crippen LogP contribution in [0.3, 0.4) is 0 Å². The van der Waals surface area contributed by atoms with E-state index in [-0.39, 0.29) is 12.8 Å². The molecule has 0 N–H and O–H groups in total. The highest BCUT2D eigenvalue weighted by Gasteiger charge is 2.41.